The van der Waals surface area contributed by atoms with E-state index < -0.39 is 0 Å². The molecule has 2 heterocycles. The first-order chi connectivity index (χ1) is 7.88. The summed E-state index contributed by atoms with van der Waals surface area (Å²) >= 11 is 1.68. The highest BCUT2D eigenvalue weighted by Gasteiger charge is 1.98. The van der Waals surface area contributed by atoms with Gasteiger partial charge in [0.1, 0.15) is 0 Å². The molecule has 0 aliphatic heterocycles. The zero-order chi connectivity index (χ0) is 11.2. The van der Waals surface area contributed by atoms with Gasteiger partial charge in [0.05, 0.1) is 31.3 Å². The highest BCUT2D eigenvalue weighted by atomic mass is 32.1. The highest BCUT2D eigenvalue weighted by Crippen LogP contribution is 2.10. The first-order valence-corrected chi connectivity index (χ1v) is 5.64. The number of nitrogens with two attached hydrogens (primary N) is 1. The molecular formula is C10H12N4OS. The second-order valence-corrected chi connectivity index (χ2v) is 4.14. The molecular weight excluding hydrogens is 224 g/mol. The summed E-state index contributed by atoms with van der Waals surface area (Å²) in [4.78, 5) is 9.38. The molecule has 0 saturated heterocycles. The Morgan fingerprint density at radius 1 is 1.31 bits per heavy atom. The molecule has 0 saturated carbocycles. The fourth-order valence-electron chi connectivity index (χ4n) is 1.15. The number of thiophene rings is 1. The molecule has 16 heavy (non-hydrogen) atoms. The maximum atomic E-state index is 5.49. The van der Waals surface area contributed by atoms with E-state index in [1.54, 1.807) is 23.7 Å². The molecule has 0 radical (unpaired) electrons. The minimum atomic E-state index is 0.454. The number of aromatic nitrogens is 2. The minimum Gasteiger partial charge on any atom is -0.370 e. The van der Waals surface area contributed by atoms with E-state index in [4.69, 9.17) is 10.6 Å². The van der Waals surface area contributed by atoms with Crippen LogP contribution >= 0.6 is 11.3 Å². The molecule has 0 aliphatic carbocycles. The molecule has 6 heteroatoms. The predicted octanol–water partition coefficient (Wildman–Crippen LogP) is 1.54. The number of hydrazine groups is 1. The van der Waals surface area contributed by atoms with Crippen LogP contribution in [0.15, 0.2) is 29.9 Å². The molecule has 0 fully saturated rings. The van der Waals surface area contributed by atoms with Crippen LogP contribution in [0.25, 0.3) is 0 Å². The van der Waals surface area contributed by atoms with E-state index in [9.17, 15) is 0 Å². The van der Waals surface area contributed by atoms with Gasteiger partial charge in [-0.15, -0.1) is 11.3 Å². The first kappa shape index (κ1) is 11.0. The molecule has 5 nitrogen and oxygen atoms in total. The van der Waals surface area contributed by atoms with Crippen molar-refractivity contribution in [3.8, 4) is 0 Å². The summed E-state index contributed by atoms with van der Waals surface area (Å²) in [6, 6.07) is 4.04. The highest BCUT2D eigenvalue weighted by molar-refractivity contribution is 7.09. The van der Waals surface area contributed by atoms with Crippen molar-refractivity contribution in [2.24, 2.45) is 5.84 Å². The normalized spacial score (nSPS) is 10.3. The summed E-state index contributed by atoms with van der Waals surface area (Å²) in [5.74, 6) is 5.73. The van der Waals surface area contributed by atoms with Crippen LogP contribution in [0.4, 0.5) is 5.82 Å². The number of rotatable bonds is 5. The number of nitrogen functional groups attached to an aromatic ring is 1. The Kier molecular flexibility index (Phi) is 3.81. The van der Waals surface area contributed by atoms with Gasteiger partial charge in [-0.1, -0.05) is 6.07 Å². The van der Waals surface area contributed by atoms with Crippen molar-refractivity contribution >= 4 is 17.2 Å². The lowest BCUT2D eigenvalue weighted by atomic mass is 10.4. The van der Waals surface area contributed by atoms with E-state index in [0.717, 1.165) is 5.69 Å². The van der Waals surface area contributed by atoms with Crippen LogP contribution in [0.2, 0.25) is 0 Å². The van der Waals surface area contributed by atoms with Gasteiger partial charge in [0.25, 0.3) is 0 Å². The molecule has 0 aliphatic rings. The van der Waals surface area contributed by atoms with Gasteiger partial charge in [0.2, 0.25) is 0 Å². The van der Waals surface area contributed by atoms with Crippen molar-refractivity contribution in [3.63, 3.8) is 0 Å². The van der Waals surface area contributed by atoms with E-state index in [2.05, 4.69) is 15.4 Å². The number of ether oxygens (including phenoxy) is 1. The zero-order valence-electron chi connectivity index (χ0n) is 8.59. The summed E-state index contributed by atoms with van der Waals surface area (Å²) in [6.45, 7) is 1.06. The topological polar surface area (TPSA) is 73.1 Å². The fraction of sp³-hybridized carbons (Fsp3) is 0.200. The fourth-order valence-corrected chi connectivity index (χ4v) is 1.80. The summed E-state index contributed by atoms with van der Waals surface area (Å²) in [5, 5.41) is 2.03. The van der Waals surface area contributed by atoms with E-state index in [-0.39, 0.29) is 0 Å². The predicted molar refractivity (Wildman–Crippen MR) is 62.7 cm³/mol. The quantitative estimate of drug-likeness (QED) is 0.608. The minimum absolute atomic E-state index is 0.454. The van der Waals surface area contributed by atoms with Gasteiger partial charge in [-0.25, -0.2) is 10.8 Å². The molecule has 0 aromatic carbocycles. The molecule has 2 rings (SSSR count). The second kappa shape index (κ2) is 5.55. The number of hydrogen-bond donors (Lipinski definition) is 2. The summed E-state index contributed by atoms with van der Waals surface area (Å²) < 4.78 is 5.49. The smallest absolute Gasteiger partial charge is 0.158 e. The Balaban J connectivity index is 1.81. The van der Waals surface area contributed by atoms with E-state index in [0.29, 0.717) is 19.0 Å². The van der Waals surface area contributed by atoms with Crippen LogP contribution < -0.4 is 11.3 Å². The van der Waals surface area contributed by atoms with Crippen molar-refractivity contribution in [3.05, 3.63) is 40.5 Å². The second-order valence-electron chi connectivity index (χ2n) is 3.11. The van der Waals surface area contributed by atoms with Crippen LogP contribution in [-0.4, -0.2) is 9.97 Å². The Morgan fingerprint density at radius 3 is 2.88 bits per heavy atom. The zero-order valence-corrected chi connectivity index (χ0v) is 9.41. The van der Waals surface area contributed by atoms with Crippen molar-refractivity contribution in [1.82, 2.24) is 9.97 Å². The third kappa shape index (κ3) is 2.99. The lowest BCUT2D eigenvalue weighted by Crippen LogP contribution is -2.09. The van der Waals surface area contributed by atoms with Gasteiger partial charge in [-0.3, -0.25) is 4.98 Å². The van der Waals surface area contributed by atoms with E-state index in [1.807, 2.05) is 17.5 Å². The Bertz CT molecular complexity index is 415. The number of anilines is 1. The van der Waals surface area contributed by atoms with Crippen LogP contribution in [-0.2, 0) is 18.0 Å². The Hall–Kier alpha value is -1.50. The largest absolute Gasteiger partial charge is 0.370 e. The molecule has 84 valence electrons. The van der Waals surface area contributed by atoms with Gasteiger partial charge in [0, 0.05) is 4.88 Å². The molecule has 0 unspecified atom stereocenters. The van der Waals surface area contributed by atoms with Gasteiger partial charge >= 0.3 is 0 Å². The third-order valence-electron chi connectivity index (χ3n) is 1.93. The van der Waals surface area contributed by atoms with Gasteiger partial charge in [-0.2, -0.15) is 0 Å². The van der Waals surface area contributed by atoms with Crippen molar-refractivity contribution in [2.75, 3.05) is 5.43 Å². The monoisotopic (exact) mass is 236 g/mol. The average molecular weight is 236 g/mol. The van der Waals surface area contributed by atoms with Crippen LogP contribution in [0.5, 0.6) is 0 Å². The number of nitrogens with zero attached hydrogens (tertiary/aromatic N) is 2. The Morgan fingerprint density at radius 2 is 2.25 bits per heavy atom. The summed E-state index contributed by atoms with van der Waals surface area (Å²) in [5.41, 5.74) is 3.21. The van der Waals surface area contributed by atoms with E-state index >= 15 is 0 Å². The van der Waals surface area contributed by atoms with Gasteiger partial charge < -0.3 is 10.2 Å². The molecule has 3 N–H and O–H groups in total. The Labute approximate surface area is 97.3 Å². The standard InChI is InChI=1S/C10H12N4OS/c11-14-10-5-12-8(4-13-10)6-15-7-9-2-1-3-16-9/h1-5H,6-7,11H2,(H,13,14). The molecule has 0 atom stereocenters. The summed E-state index contributed by atoms with van der Waals surface area (Å²) in [6.07, 6.45) is 3.22. The third-order valence-corrected chi connectivity index (χ3v) is 2.78. The molecule has 0 amide bonds. The van der Waals surface area contributed by atoms with Crippen LogP contribution in [0, 0.1) is 0 Å². The van der Waals surface area contributed by atoms with Crippen LogP contribution in [0.3, 0.4) is 0 Å². The molecule has 0 spiro atoms. The van der Waals surface area contributed by atoms with Gasteiger partial charge in [0.15, 0.2) is 5.82 Å². The molecule has 0 bridgehead atoms. The lowest BCUT2D eigenvalue weighted by molar-refractivity contribution is 0.106. The lowest BCUT2D eigenvalue weighted by Gasteiger charge is -2.02. The van der Waals surface area contributed by atoms with Crippen molar-refractivity contribution in [1.29, 1.82) is 0 Å². The number of hydrogen-bond acceptors (Lipinski definition) is 6. The van der Waals surface area contributed by atoms with Crippen LogP contribution in [0.1, 0.15) is 10.6 Å². The van der Waals surface area contributed by atoms with Crippen molar-refractivity contribution < 1.29 is 4.74 Å². The first-order valence-electron chi connectivity index (χ1n) is 4.76. The maximum absolute atomic E-state index is 5.49. The number of nitrogens with one attached hydrogen (secondary N) is 1. The van der Waals surface area contributed by atoms with Gasteiger partial charge in [-0.05, 0) is 11.4 Å². The molecule has 2 aromatic rings. The maximum Gasteiger partial charge on any atom is 0.158 e. The van der Waals surface area contributed by atoms with E-state index in [1.165, 1.54) is 4.88 Å². The van der Waals surface area contributed by atoms with Crippen molar-refractivity contribution in [2.45, 2.75) is 13.2 Å². The average Bonchev–Trinajstić information content (AvgIpc) is 2.83. The molecule has 2 aromatic heterocycles. The SMILES string of the molecule is NNc1cnc(COCc2cccs2)cn1. The summed E-state index contributed by atoms with van der Waals surface area (Å²) in [7, 11) is 0.